The quantitative estimate of drug-likeness (QED) is 0.272. The molecule has 2 rings (SSSR count). The van der Waals surface area contributed by atoms with Gasteiger partial charge in [-0.2, -0.15) is 5.10 Å². The zero-order chi connectivity index (χ0) is 17.2. The lowest BCUT2D eigenvalue weighted by Gasteiger charge is -2.08. The van der Waals surface area contributed by atoms with Crippen LogP contribution in [0.2, 0.25) is 0 Å². The first kappa shape index (κ1) is 17.3. The number of amides is 2. The van der Waals surface area contributed by atoms with E-state index in [0.717, 1.165) is 24.9 Å². The summed E-state index contributed by atoms with van der Waals surface area (Å²) < 4.78 is 0. The number of unbranched alkanes of at least 4 members (excludes halogenated alkanes) is 1. The fourth-order valence-corrected chi connectivity index (χ4v) is 1.92. The topological polar surface area (TPSA) is 104 Å². The molecule has 1 aromatic carbocycles. The van der Waals surface area contributed by atoms with Crippen molar-refractivity contribution in [2.75, 3.05) is 17.2 Å². The Morgan fingerprint density at radius 1 is 1.17 bits per heavy atom. The molecule has 0 aliphatic carbocycles. The maximum Gasteiger partial charge on any atom is 0.323 e. The van der Waals surface area contributed by atoms with Crippen molar-refractivity contribution in [1.29, 1.82) is 0 Å². The largest absolute Gasteiger partial charge is 0.382 e. The van der Waals surface area contributed by atoms with Crippen molar-refractivity contribution < 1.29 is 4.79 Å². The van der Waals surface area contributed by atoms with E-state index in [1.165, 1.54) is 0 Å². The number of hydrogen-bond acceptors (Lipinski definition) is 4. The summed E-state index contributed by atoms with van der Waals surface area (Å²) in [5.41, 5.74) is 10.9. The van der Waals surface area contributed by atoms with E-state index in [4.69, 9.17) is 5.73 Å². The van der Waals surface area contributed by atoms with E-state index < -0.39 is 0 Å². The molecule has 0 bridgehead atoms. The van der Waals surface area contributed by atoms with Crippen molar-refractivity contribution in [1.82, 2.24) is 10.4 Å². The van der Waals surface area contributed by atoms with Gasteiger partial charge in [-0.15, -0.1) is 0 Å². The van der Waals surface area contributed by atoms with Crippen LogP contribution in [0.25, 0.3) is 0 Å². The third-order valence-corrected chi connectivity index (χ3v) is 3.20. The van der Waals surface area contributed by atoms with Crippen molar-refractivity contribution in [2.45, 2.75) is 19.8 Å². The molecule has 0 saturated heterocycles. The summed E-state index contributed by atoms with van der Waals surface area (Å²) >= 11 is 0. The fraction of sp³-hybridized carbons (Fsp3) is 0.235. The standard InChI is InChI=1S/C17H22N6O/c1-2-3-11-20-23-16(18)13-6-8-14(9-7-13)21-17(24)22-15-5-4-10-19-12-15/h4-10,12,20H,2-3,11H2,1H3,(H2,18,23)(H2,21,22,24). The van der Waals surface area contributed by atoms with Gasteiger partial charge in [-0.1, -0.05) is 13.3 Å². The molecule has 7 heteroatoms. The van der Waals surface area contributed by atoms with Crippen LogP contribution in [0.4, 0.5) is 16.2 Å². The molecule has 2 aromatic rings. The normalized spacial score (nSPS) is 11.0. The molecule has 24 heavy (non-hydrogen) atoms. The predicted molar refractivity (Wildman–Crippen MR) is 97.0 cm³/mol. The first-order valence-corrected chi connectivity index (χ1v) is 7.83. The van der Waals surface area contributed by atoms with Gasteiger partial charge in [0.2, 0.25) is 0 Å². The van der Waals surface area contributed by atoms with Crippen molar-refractivity contribution in [3.8, 4) is 0 Å². The van der Waals surface area contributed by atoms with Crippen LogP contribution in [-0.2, 0) is 0 Å². The average molecular weight is 326 g/mol. The Bertz CT molecular complexity index is 669. The molecule has 126 valence electrons. The van der Waals surface area contributed by atoms with Gasteiger partial charge in [0.05, 0.1) is 11.9 Å². The van der Waals surface area contributed by atoms with Gasteiger partial charge < -0.3 is 21.8 Å². The predicted octanol–water partition coefficient (Wildman–Crippen LogP) is 2.74. The number of carbonyl (C=O) groups excluding carboxylic acids is 1. The molecule has 2 amide bonds. The lowest BCUT2D eigenvalue weighted by Crippen LogP contribution is -2.21. The van der Waals surface area contributed by atoms with Gasteiger partial charge in [-0.3, -0.25) is 4.98 Å². The molecule has 7 nitrogen and oxygen atoms in total. The number of amidine groups is 1. The molecule has 0 fully saturated rings. The molecule has 0 radical (unpaired) electrons. The zero-order valence-electron chi connectivity index (χ0n) is 13.6. The maximum absolute atomic E-state index is 11.9. The Balaban J connectivity index is 1.88. The Hall–Kier alpha value is -3.09. The molecule has 5 N–H and O–H groups in total. The van der Waals surface area contributed by atoms with Crippen LogP contribution in [0.1, 0.15) is 25.3 Å². The van der Waals surface area contributed by atoms with Gasteiger partial charge in [0.1, 0.15) is 0 Å². The van der Waals surface area contributed by atoms with E-state index in [9.17, 15) is 4.79 Å². The van der Waals surface area contributed by atoms with Gasteiger partial charge in [-0.05, 0) is 42.8 Å². The van der Waals surface area contributed by atoms with Crippen LogP contribution in [-0.4, -0.2) is 23.4 Å². The lowest BCUT2D eigenvalue weighted by molar-refractivity contribution is 0.262. The van der Waals surface area contributed by atoms with Crippen molar-refractivity contribution in [3.63, 3.8) is 0 Å². The molecule has 1 heterocycles. The number of benzene rings is 1. The second-order valence-electron chi connectivity index (χ2n) is 5.16. The minimum absolute atomic E-state index is 0.335. The fourth-order valence-electron chi connectivity index (χ4n) is 1.92. The number of carbonyl (C=O) groups is 1. The number of hydrazone groups is 1. The van der Waals surface area contributed by atoms with Crippen LogP contribution < -0.4 is 21.8 Å². The van der Waals surface area contributed by atoms with Crippen LogP contribution in [0.3, 0.4) is 0 Å². The van der Waals surface area contributed by atoms with Gasteiger partial charge in [0.15, 0.2) is 5.84 Å². The van der Waals surface area contributed by atoms with Gasteiger partial charge in [0, 0.05) is 24.0 Å². The Kier molecular flexibility index (Phi) is 6.58. The summed E-state index contributed by atoms with van der Waals surface area (Å²) in [5.74, 6) is 0.414. The van der Waals surface area contributed by atoms with Crippen molar-refractivity contribution in [3.05, 3.63) is 54.4 Å². The van der Waals surface area contributed by atoms with E-state index in [1.807, 2.05) is 0 Å². The summed E-state index contributed by atoms with van der Waals surface area (Å²) in [5, 5.41) is 9.56. The summed E-state index contributed by atoms with van der Waals surface area (Å²) in [7, 11) is 0. The number of nitrogens with one attached hydrogen (secondary N) is 3. The van der Waals surface area contributed by atoms with Gasteiger partial charge >= 0.3 is 6.03 Å². The number of pyridine rings is 1. The molecule has 1 aromatic heterocycles. The molecule has 0 aliphatic heterocycles. The SMILES string of the molecule is CCCCN/N=C(\N)c1ccc(NC(=O)Nc2cccnc2)cc1. The summed E-state index contributed by atoms with van der Waals surface area (Å²) in [6.07, 6.45) is 5.37. The van der Waals surface area contributed by atoms with Crippen LogP contribution in [0.5, 0.6) is 0 Å². The highest BCUT2D eigenvalue weighted by Gasteiger charge is 2.04. The van der Waals surface area contributed by atoms with Crippen LogP contribution in [0, 0.1) is 0 Å². The summed E-state index contributed by atoms with van der Waals surface area (Å²) in [6.45, 7) is 2.91. The number of aromatic nitrogens is 1. The lowest BCUT2D eigenvalue weighted by atomic mass is 10.2. The van der Waals surface area contributed by atoms with E-state index in [0.29, 0.717) is 17.2 Å². The third-order valence-electron chi connectivity index (χ3n) is 3.20. The number of hydrogen-bond donors (Lipinski definition) is 4. The number of rotatable bonds is 7. The Morgan fingerprint density at radius 3 is 2.58 bits per heavy atom. The van der Waals surface area contributed by atoms with E-state index in [1.54, 1.807) is 48.8 Å². The smallest absolute Gasteiger partial charge is 0.323 e. The zero-order valence-corrected chi connectivity index (χ0v) is 13.6. The Morgan fingerprint density at radius 2 is 1.92 bits per heavy atom. The monoisotopic (exact) mass is 326 g/mol. The second-order valence-corrected chi connectivity index (χ2v) is 5.16. The number of nitrogens with zero attached hydrogens (tertiary/aromatic N) is 2. The minimum atomic E-state index is -0.335. The average Bonchev–Trinajstić information content (AvgIpc) is 2.60. The minimum Gasteiger partial charge on any atom is -0.382 e. The molecule has 0 spiro atoms. The third kappa shape index (κ3) is 5.60. The van der Waals surface area contributed by atoms with Crippen LogP contribution in [0.15, 0.2) is 53.9 Å². The maximum atomic E-state index is 11.9. The number of anilines is 2. The molecule has 0 unspecified atom stereocenters. The number of nitrogens with two attached hydrogens (primary N) is 1. The van der Waals surface area contributed by atoms with Crippen molar-refractivity contribution >= 4 is 23.2 Å². The van der Waals surface area contributed by atoms with Gasteiger partial charge in [0.25, 0.3) is 0 Å². The second kappa shape index (κ2) is 9.14. The molecular formula is C17H22N6O. The van der Waals surface area contributed by atoms with E-state index in [-0.39, 0.29) is 6.03 Å². The first-order chi connectivity index (χ1) is 11.7. The highest BCUT2D eigenvalue weighted by Crippen LogP contribution is 2.10. The van der Waals surface area contributed by atoms with E-state index >= 15 is 0 Å². The van der Waals surface area contributed by atoms with Crippen LogP contribution >= 0.6 is 0 Å². The van der Waals surface area contributed by atoms with Gasteiger partial charge in [-0.25, -0.2) is 4.79 Å². The highest BCUT2D eigenvalue weighted by atomic mass is 16.2. The first-order valence-electron chi connectivity index (χ1n) is 7.83. The summed E-state index contributed by atoms with van der Waals surface area (Å²) in [4.78, 5) is 15.8. The molecule has 0 atom stereocenters. The Labute approximate surface area is 141 Å². The van der Waals surface area contributed by atoms with E-state index in [2.05, 4.69) is 33.1 Å². The highest BCUT2D eigenvalue weighted by molar-refractivity contribution is 6.01. The molecule has 0 aliphatic rings. The molecule has 0 saturated carbocycles. The van der Waals surface area contributed by atoms with Crippen molar-refractivity contribution in [2.24, 2.45) is 10.8 Å². The summed E-state index contributed by atoms with van der Waals surface area (Å²) in [6, 6.07) is 10.3. The number of urea groups is 1. The molecular weight excluding hydrogens is 304 g/mol.